The molecule has 0 atom stereocenters. The highest BCUT2D eigenvalue weighted by Crippen LogP contribution is 2.44. The Balaban J connectivity index is 1.40. The molecule has 4 nitrogen and oxygen atoms in total. The summed E-state index contributed by atoms with van der Waals surface area (Å²) in [5.41, 5.74) is 0. The number of aryl methyl sites for hydroxylation is 1. The van der Waals surface area contributed by atoms with Crippen LogP contribution < -0.4 is 5.32 Å². The Morgan fingerprint density at radius 3 is 2.44 bits per heavy atom. The molecule has 0 amide bonds. The highest BCUT2D eigenvalue weighted by Gasteiger charge is 2.40. The molecule has 0 spiro atoms. The molecule has 0 unspecified atom stereocenters. The van der Waals surface area contributed by atoms with Crippen LogP contribution in [0.5, 0.6) is 0 Å². The van der Waals surface area contributed by atoms with Gasteiger partial charge >= 0.3 is 0 Å². The topological polar surface area (TPSA) is 42.7 Å². The van der Waals surface area contributed by atoms with E-state index in [0.717, 1.165) is 41.2 Å². The van der Waals surface area contributed by atoms with Crippen molar-refractivity contribution in [3.05, 3.63) is 5.82 Å². The van der Waals surface area contributed by atoms with Gasteiger partial charge in [0.15, 0.2) is 5.16 Å². The van der Waals surface area contributed by atoms with E-state index in [0.29, 0.717) is 0 Å². The number of thioether (sulfide) groups is 1. The first-order valence-electron chi connectivity index (χ1n) is 6.98. The monoisotopic (exact) mass is 266 g/mol. The van der Waals surface area contributed by atoms with E-state index in [4.69, 9.17) is 0 Å². The second-order valence-corrected chi connectivity index (χ2v) is 6.65. The number of aromatic nitrogens is 3. The summed E-state index contributed by atoms with van der Waals surface area (Å²) >= 11 is 1.80. The zero-order valence-corrected chi connectivity index (χ0v) is 12.0. The van der Waals surface area contributed by atoms with E-state index in [1.54, 1.807) is 11.8 Å². The predicted octanol–water partition coefficient (Wildman–Crippen LogP) is 1.99. The van der Waals surface area contributed by atoms with E-state index < -0.39 is 0 Å². The van der Waals surface area contributed by atoms with E-state index in [9.17, 15) is 0 Å². The third kappa shape index (κ3) is 2.88. The van der Waals surface area contributed by atoms with Crippen molar-refractivity contribution in [2.75, 3.05) is 12.3 Å². The standard InChI is InChI=1S/C13H22N4S/c1-9-15-16-13(17(9)2)18-8-7-14-12(10-3-4-10)11-5-6-11/h10-12,14H,3-8H2,1-2H3. The Morgan fingerprint density at radius 1 is 1.28 bits per heavy atom. The lowest BCUT2D eigenvalue weighted by Crippen LogP contribution is -2.34. The zero-order valence-electron chi connectivity index (χ0n) is 11.2. The zero-order chi connectivity index (χ0) is 12.5. The van der Waals surface area contributed by atoms with Crippen molar-refractivity contribution in [3.63, 3.8) is 0 Å². The third-order valence-electron chi connectivity index (χ3n) is 4.03. The van der Waals surface area contributed by atoms with E-state index >= 15 is 0 Å². The average molecular weight is 266 g/mol. The maximum atomic E-state index is 4.18. The van der Waals surface area contributed by atoms with Crippen molar-refractivity contribution >= 4 is 11.8 Å². The van der Waals surface area contributed by atoms with Crippen LogP contribution in [0.2, 0.25) is 0 Å². The summed E-state index contributed by atoms with van der Waals surface area (Å²) in [6.45, 7) is 3.08. The fourth-order valence-electron chi connectivity index (χ4n) is 2.51. The van der Waals surface area contributed by atoms with Crippen LogP contribution in [-0.4, -0.2) is 33.1 Å². The van der Waals surface area contributed by atoms with Gasteiger partial charge in [-0.2, -0.15) is 0 Å². The first-order valence-corrected chi connectivity index (χ1v) is 7.96. The van der Waals surface area contributed by atoms with Crippen LogP contribution in [-0.2, 0) is 7.05 Å². The number of rotatable bonds is 7. The summed E-state index contributed by atoms with van der Waals surface area (Å²) < 4.78 is 2.06. The van der Waals surface area contributed by atoms with E-state index in [1.165, 1.54) is 25.7 Å². The third-order valence-corrected chi connectivity index (χ3v) is 5.05. The molecule has 2 fully saturated rings. The smallest absolute Gasteiger partial charge is 0.190 e. The van der Waals surface area contributed by atoms with Crippen LogP contribution in [0.1, 0.15) is 31.5 Å². The maximum absolute atomic E-state index is 4.18. The van der Waals surface area contributed by atoms with Crippen LogP contribution in [0.15, 0.2) is 5.16 Å². The Bertz CT molecular complexity index is 397. The van der Waals surface area contributed by atoms with Gasteiger partial charge in [0.25, 0.3) is 0 Å². The molecule has 1 heterocycles. The largest absolute Gasteiger partial charge is 0.313 e. The average Bonchev–Trinajstić information content (AvgIpc) is 3.25. The van der Waals surface area contributed by atoms with Crippen LogP contribution in [0, 0.1) is 18.8 Å². The van der Waals surface area contributed by atoms with Crippen molar-refractivity contribution in [1.29, 1.82) is 0 Å². The van der Waals surface area contributed by atoms with Gasteiger partial charge in [-0.05, 0) is 44.4 Å². The van der Waals surface area contributed by atoms with Gasteiger partial charge in [-0.25, -0.2) is 0 Å². The summed E-state index contributed by atoms with van der Waals surface area (Å²) in [7, 11) is 2.03. The van der Waals surface area contributed by atoms with Gasteiger partial charge in [-0.15, -0.1) is 10.2 Å². The lowest BCUT2D eigenvalue weighted by molar-refractivity contribution is 0.429. The highest BCUT2D eigenvalue weighted by molar-refractivity contribution is 7.99. The lowest BCUT2D eigenvalue weighted by atomic mass is 10.1. The molecule has 0 aliphatic heterocycles. The molecule has 0 radical (unpaired) electrons. The van der Waals surface area contributed by atoms with Gasteiger partial charge in [-0.1, -0.05) is 11.8 Å². The van der Waals surface area contributed by atoms with E-state index in [1.807, 2.05) is 14.0 Å². The SMILES string of the molecule is Cc1nnc(SCCNC(C2CC2)C2CC2)n1C. The molecule has 2 aliphatic rings. The summed E-state index contributed by atoms with van der Waals surface area (Å²) in [6, 6.07) is 0.812. The molecule has 5 heteroatoms. The van der Waals surface area contributed by atoms with Gasteiger partial charge in [0.05, 0.1) is 0 Å². The summed E-state index contributed by atoms with van der Waals surface area (Å²) in [5, 5.41) is 13.0. The Kier molecular flexibility index (Phi) is 3.61. The van der Waals surface area contributed by atoms with Gasteiger partial charge < -0.3 is 9.88 Å². The highest BCUT2D eigenvalue weighted by atomic mass is 32.2. The molecule has 2 aliphatic carbocycles. The number of hydrogen-bond acceptors (Lipinski definition) is 4. The van der Waals surface area contributed by atoms with E-state index in [2.05, 4.69) is 20.1 Å². The molecule has 0 bridgehead atoms. The molecule has 18 heavy (non-hydrogen) atoms. The predicted molar refractivity (Wildman–Crippen MR) is 73.7 cm³/mol. The molecule has 0 saturated heterocycles. The summed E-state index contributed by atoms with van der Waals surface area (Å²) in [5.74, 6) is 4.04. The number of nitrogens with one attached hydrogen (secondary N) is 1. The van der Waals surface area contributed by atoms with Crippen molar-refractivity contribution in [2.45, 2.75) is 43.8 Å². The minimum atomic E-state index is 0.812. The summed E-state index contributed by atoms with van der Waals surface area (Å²) in [6.07, 6.45) is 5.79. The van der Waals surface area contributed by atoms with Crippen molar-refractivity contribution in [3.8, 4) is 0 Å². The maximum Gasteiger partial charge on any atom is 0.190 e. The Morgan fingerprint density at radius 2 is 1.94 bits per heavy atom. The first kappa shape index (κ1) is 12.5. The van der Waals surface area contributed by atoms with Crippen LogP contribution in [0.25, 0.3) is 0 Å². The summed E-state index contributed by atoms with van der Waals surface area (Å²) in [4.78, 5) is 0. The van der Waals surface area contributed by atoms with Crippen molar-refractivity contribution < 1.29 is 0 Å². The van der Waals surface area contributed by atoms with Gasteiger partial charge in [0.2, 0.25) is 0 Å². The molecule has 1 aromatic rings. The minimum Gasteiger partial charge on any atom is -0.313 e. The van der Waals surface area contributed by atoms with Gasteiger partial charge in [0.1, 0.15) is 5.82 Å². The normalized spacial score (nSPS) is 19.7. The second-order valence-electron chi connectivity index (χ2n) is 5.59. The van der Waals surface area contributed by atoms with Crippen LogP contribution in [0.4, 0.5) is 0 Å². The quantitative estimate of drug-likeness (QED) is 0.605. The minimum absolute atomic E-state index is 0.812. The van der Waals surface area contributed by atoms with Crippen LogP contribution in [0.3, 0.4) is 0 Å². The van der Waals surface area contributed by atoms with Gasteiger partial charge in [0, 0.05) is 25.4 Å². The molecule has 3 rings (SSSR count). The Labute approximate surface area is 113 Å². The number of nitrogens with zero attached hydrogens (tertiary/aromatic N) is 3. The molecule has 100 valence electrons. The fourth-order valence-corrected chi connectivity index (χ4v) is 3.34. The molecule has 0 aromatic carbocycles. The Hall–Kier alpha value is -0.550. The molecule has 1 N–H and O–H groups in total. The molecular weight excluding hydrogens is 244 g/mol. The molecular formula is C13H22N4S. The fraction of sp³-hybridized carbons (Fsp3) is 0.846. The first-order chi connectivity index (χ1) is 8.75. The molecule has 2 saturated carbocycles. The van der Waals surface area contributed by atoms with E-state index in [-0.39, 0.29) is 0 Å². The van der Waals surface area contributed by atoms with Crippen molar-refractivity contribution in [2.24, 2.45) is 18.9 Å². The van der Waals surface area contributed by atoms with Crippen LogP contribution >= 0.6 is 11.8 Å². The second kappa shape index (κ2) is 5.21. The lowest BCUT2D eigenvalue weighted by Gasteiger charge is -2.17. The molecule has 1 aromatic heterocycles. The van der Waals surface area contributed by atoms with Gasteiger partial charge in [-0.3, -0.25) is 0 Å². The number of hydrogen-bond donors (Lipinski definition) is 1. The van der Waals surface area contributed by atoms with Crippen molar-refractivity contribution in [1.82, 2.24) is 20.1 Å².